The number of hydrogen-bond donors (Lipinski definition) is 1. The normalized spacial score (nSPS) is 21.8. The fourth-order valence-electron chi connectivity index (χ4n) is 5.72. The molecule has 2 atom stereocenters. The molecule has 3 aromatic rings. The molecule has 2 amide bonds. The molecule has 9 heteroatoms. The van der Waals surface area contributed by atoms with Crippen LogP contribution in [0.25, 0.3) is 10.2 Å². The number of amides is 2. The Labute approximate surface area is 218 Å². The van der Waals surface area contributed by atoms with Crippen molar-refractivity contribution < 1.29 is 9.59 Å². The van der Waals surface area contributed by atoms with Crippen LogP contribution in [0, 0.1) is 11.8 Å². The second kappa shape index (κ2) is 9.94. The molecule has 36 heavy (non-hydrogen) atoms. The van der Waals surface area contributed by atoms with Gasteiger partial charge in [0, 0.05) is 60.9 Å². The number of nitrogens with zero attached hydrogens (tertiary/aromatic N) is 4. The van der Waals surface area contributed by atoms with Crippen LogP contribution in [0.3, 0.4) is 0 Å². The van der Waals surface area contributed by atoms with E-state index >= 15 is 0 Å². The minimum absolute atomic E-state index is 0.0300. The summed E-state index contributed by atoms with van der Waals surface area (Å²) in [5.74, 6) is 2.29. The second-order valence-electron chi connectivity index (χ2n) is 10.0. The Morgan fingerprint density at radius 1 is 1.19 bits per heavy atom. The highest BCUT2D eigenvalue weighted by Crippen LogP contribution is 2.36. The number of carbonyl (C=O) groups excluding carboxylic acids is 2. The lowest BCUT2D eigenvalue weighted by atomic mass is 9.99. The fraction of sp³-hybridized carbons (Fsp3) is 0.444. The number of hydrogen-bond acceptors (Lipinski definition) is 7. The molecular formula is C27H29N5O2S2. The molecule has 6 rings (SSSR count). The standard InChI is InChI=1S/C27H29N5O2S2/c1-35-20-13-28-24(29-14-20)9-16-2-3-17(8-16)10-25-31-22-5-4-18(11-23(22)36-25)27(34)32-7-6-21-19(15-32)12-30-26(21)33/h4-5,11,13-14,16-17H,2-3,6-10,12,15H2,1H3,(H,30,33)/t16-,17-/m0/s1. The van der Waals surface area contributed by atoms with Gasteiger partial charge in [-0.1, -0.05) is 0 Å². The van der Waals surface area contributed by atoms with Crippen LogP contribution < -0.4 is 5.32 Å². The van der Waals surface area contributed by atoms with E-state index in [0.717, 1.165) is 49.9 Å². The van der Waals surface area contributed by atoms with Crippen molar-refractivity contribution in [3.63, 3.8) is 0 Å². The first-order valence-electron chi connectivity index (χ1n) is 12.6. The molecule has 2 aliphatic heterocycles. The maximum Gasteiger partial charge on any atom is 0.254 e. The van der Waals surface area contributed by atoms with Gasteiger partial charge in [0.05, 0.1) is 15.2 Å². The molecule has 1 aliphatic carbocycles. The van der Waals surface area contributed by atoms with Crippen LogP contribution in [-0.4, -0.2) is 57.6 Å². The Balaban J connectivity index is 1.08. The molecule has 1 N–H and O–H groups in total. The van der Waals surface area contributed by atoms with Gasteiger partial charge in [-0.15, -0.1) is 23.1 Å². The van der Waals surface area contributed by atoms with Crippen LogP contribution in [0.5, 0.6) is 0 Å². The topological polar surface area (TPSA) is 88.1 Å². The summed E-state index contributed by atoms with van der Waals surface area (Å²) in [6.45, 7) is 1.69. The van der Waals surface area contributed by atoms with E-state index in [0.29, 0.717) is 43.5 Å². The predicted molar refractivity (Wildman–Crippen MR) is 142 cm³/mol. The zero-order chi connectivity index (χ0) is 24.6. The second-order valence-corrected chi connectivity index (χ2v) is 12.0. The molecule has 1 saturated carbocycles. The van der Waals surface area contributed by atoms with Gasteiger partial charge in [-0.05, 0) is 67.5 Å². The number of nitrogens with one attached hydrogen (secondary N) is 1. The third-order valence-electron chi connectivity index (χ3n) is 7.65. The smallest absolute Gasteiger partial charge is 0.254 e. The minimum Gasteiger partial charge on any atom is -0.348 e. The van der Waals surface area contributed by atoms with Crippen LogP contribution in [0.15, 0.2) is 46.6 Å². The summed E-state index contributed by atoms with van der Waals surface area (Å²) in [4.78, 5) is 42.0. The van der Waals surface area contributed by atoms with Gasteiger partial charge in [-0.3, -0.25) is 9.59 Å². The van der Waals surface area contributed by atoms with Gasteiger partial charge >= 0.3 is 0 Å². The van der Waals surface area contributed by atoms with E-state index in [9.17, 15) is 9.59 Å². The highest BCUT2D eigenvalue weighted by atomic mass is 32.2. The van der Waals surface area contributed by atoms with Crippen molar-refractivity contribution in [2.24, 2.45) is 11.8 Å². The van der Waals surface area contributed by atoms with E-state index in [1.54, 1.807) is 23.1 Å². The number of thioether (sulfide) groups is 1. The van der Waals surface area contributed by atoms with E-state index < -0.39 is 0 Å². The number of aromatic nitrogens is 3. The van der Waals surface area contributed by atoms with Crippen molar-refractivity contribution in [1.29, 1.82) is 0 Å². The minimum atomic E-state index is 0.0300. The number of thiazole rings is 1. The van der Waals surface area contributed by atoms with Gasteiger partial charge in [0.1, 0.15) is 5.82 Å². The molecule has 1 fully saturated rings. The van der Waals surface area contributed by atoms with Crippen LogP contribution in [0.4, 0.5) is 0 Å². The molecular weight excluding hydrogens is 490 g/mol. The van der Waals surface area contributed by atoms with Crippen LogP contribution >= 0.6 is 23.1 Å². The first kappa shape index (κ1) is 23.6. The summed E-state index contributed by atoms with van der Waals surface area (Å²) in [6.07, 6.45) is 12.1. The van der Waals surface area contributed by atoms with E-state index in [4.69, 9.17) is 4.98 Å². The molecule has 186 valence electrons. The summed E-state index contributed by atoms with van der Waals surface area (Å²) >= 11 is 3.38. The van der Waals surface area contributed by atoms with E-state index in [1.807, 2.05) is 41.7 Å². The summed E-state index contributed by atoms with van der Waals surface area (Å²) in [6, 6.07) is 5.86. The number of fused-ring (bicyclic) bond motifs is 1. The lowest BCUT2D eigenvalue weighted by molar-refractivity contribution is -0.116. The Morgan fingerprint density at radius 3 is 2.81 bits per heavy atom. The highest BCUT2D eigenvalue weighted by Gasteiger charge is 2.31. The lowest BCUT2D eigenvalue weighted by Gasteiger charge is -2.27. The van der Waals surface area contributed by atoms with Crippen LogP contribution in [-0.2, 0) is 17.6 Å². The van der Waals surface area contributed by atoms with Crippen molar-refractivity contribution in [3.05, 3.63) is 58.1 Å². The van der Waals surface area contributed by atoms with Gasteiger partial charge in [-0.25, -0.2) is 15.0 Å². The molecule has 7 nitrogen and oxygen atoms in total. The van der Waals surface area contributed by atoms with E-state index in [2.05, 4.69) is 15.3 Å². The third-order valence-corrected chi connectivity index (χ3v) is 9.37. The first-order valence-corrected chi connectivity index (χ1v) is 14.6. The molecule has 3 aliphatic rings. The molecule has 1 aromatic carbocycles. The fourth-order valence-corrected chi connectivity index (χ4v) is 7.15. The molecule has 0 unspecified atom stereocenters. The average molecular weight is 520 g/mol. The van der Waals surface area contributed by atoms with E-state index in [-0.39, 0.29) is 11.8 Å². The zero-order valence-electron chi connectivity index (χ0n) is 20.3. The Hall–Kier alpha value is -2.78. The summed E-state index contributed by atoms with van der Waals surface area (Å²) < 4.78 is 1.07. The molecule has 0 bridgehead atoms. The van der Waals surface area contributed by atoms with Gasteiger partial charge in [0.15, 0.2) is 0 Å². The average Bonchev–Trinajstić information content (AvgIpc) is 3.62. The molecule has 2 aromatic heterocycles. The quantitative estimate of drug-likeness (QED) is 0.489. The van der Waals surface area contributed by atoms with Gasteiger partial charge in [0.2, 0.25) is 5.91 Å². The van der Waals surface area contributed by atoms with Crippen molar-refractivity contribution in [3.8, 4) is 0 Å². The SMILES string of the molecule is CSc1cnc(C[C@H]2CC[C@H](Cc3nc4ccc(C(=O)N5CCC6=C(CNC6=O)C5)cc4s3)C2)nc1. The summed E-state index contributed by atoms with van der Waals surface area (Å²) in [5, 5.41) is 4.03. The van der Waals surface area contributed by atoms with Gasteiger partial charge < -0.3 is 10.2 Å². The molecule has 0 radical (unpaired) electrons. The van der Waals surface area contributed by atoms with Crippen molar-refractivity contribution >= 4 is 45.1 Å². The predicted octanol–water partition coefficient (Wildman–Crippen LogP) is 4.28. The highest BCUT2D eigenvalue weighted by molar-refractivity contribution is 7.98. The van der Waals surface area contributed by atoms with E-state index in [1.165, 1.54) is 19.3 Å². The summed E-state index contributed by atoms with van der Waals surface area (Å²) in [7, 11) is 0. The Bertz CT molecular complexity index is 1350. The van der Waals surface area contributed by atoms with Gasteiger partial charge in [0.25, 0.3) is 5.91 Å². The maximum atomic E-state index is 13.2. The van der Waals surface area contributed by atoms with Crippen molar-refractivity contribution in [2.75, 3.05) is 25.9 Å². The maximum absolute atomic E-state index is 13.2. The number of benzene rings is 1. The lowest BCUT2D eigenvalue weighted by Crippen LogP contribution is -2.37. The van der Waals surface area contributed by atoms with Crippen molar-refractivity contribution in [1.82, 2.24) is 25.2 Å². The molecule has 0 spiro atoms. The third kappa shape index (κ3) is 4.78. The monoisotopic (exact) mass is 519 g/mol. The van der Waals surface area contributed by atoms with Crippen molar-refractivity contribution in [2.45, 2.75) is 43.4 Å². The summed E-state index contributed by atoms with van der Waals surface area (Å²) in [5.41, 5.74) is 3.60. The first-order chi connectivity index (χ1) is 17.6. The Morgan fingerprint density at radius 2 is 2.00 bits per heavy atom. The van der Waals surface area contributed by atoms with Crippen LogP contribution in [0.2, 0.25) is 0 Å². The molecule has 0 saturated heterocycles. The largest absolute Gasteiger partial charge is 0.348 e. The molecule has 4 heterocycles. The number of rotatable bonds is 6. The van der Waals surface area contributed by atoms with Crippen LogP contribution in [0.1, 0.15) is 46.9 Å². The van der Waals surface area contributed by atoms with Gasteiger partial charge in [-0.2, -0.15) is 0 Å². The Kier molecular flexibility index (Phi) is 6.52. The number of carbonyl (C=O) groups is 2. The zero-order valence-corrected chi connectivity index (χ0v) is 22.0.